The smallest absolute Gasteiger partial charge is 0.308 e. The Balaban J connectivity index is 1.95. The van der Waals surface area contributed by atoms with Gasteiger partial charge in [-0.05, 0) is 33.1 Å². The number of likely N-dealkylation sites (N-methyl/N-ethyl adjacent to an activating group) is 1. The largest absolute Gasteiger partial charge is 0.462 e. The Kier molecular flexibility index (Phi) is 26.1. The molecule has 16 N–H and O–H groups in total. The molecular formula is C50H80N4O17. The van der Waals surface area contributed by atoms with Gasteiger partial charge in [0.15, 0.2) is 18.2 Å². The van der Waals surface area contributed by atoms with E-state index in [-0.39, 0.29) is 31.6 Å². The van der Waals surface area contributed by atoms with E-state index >= 15 is 0 Å². The number of carbonyl (C=O) groups is 3. The van der Waals surface area contributed by atoms with E-state index in [2.05, 4.69) is 10.6 Å². The third-order valence-electron chi connectivity index (χ3n) is 12.9. The van der Waals surface area contributed by atoms with Crippen molar-refractivity contribution in [2.75, 3.05) is 7.05 Å². The van der Waals surface area contributed by atoms with E-state index in [0.29, 0.717) is 0 Å². The second kappa shape index (κ2) is 30.2. The quantitative estimate of drug-likeness (QED) is 0.113. The Morgan fingerprint density at radius 1 is 0.704 bits per heavy atom. The molecule has 0 spiro atoms. The van der Waals surface area contributed by atoms with Crippen LogP contribution in [0.1, 0.15) is 79.1 Å². The molecule has 21 heteroatoms. The van der Waals surface area contributed by atoms with E-state index < -0.39 is 159 Å². The number of amides is 2. The molecule has 402 valence electrons. The Hall–Kier alpha value is -4.01. The molecule has 21 nitrogen and oxygen atoms in total. The number of esters is 1. The van der Waals surface area contributed by atoms with Crippen LogP contribution in [0.25, 0.3) is 0 Å². The molecule has 0 aromatic carbocycles. The number of ether oxygens (including phenoxy) is 4. The van der Waals surface area contributed by atoms with Gasteiger partial charge in [-0.1, -0.05) is 98.9 Å². The van der Waals surface area contributed by atoms with Crippen molar-refractivity contribution in [3.8, 4) is 0 Å². The van der Waals surface area contributed by atoms with E-state index in [1.807, 2.05) is 13.0 Å². The highest BCUT2D eigenvalue weighted by atomic mass is 16.7. The summed E-state index contributed by atoms with van der Waals surface area (Å²) in [6.45, 7) is 6.73. The molecule has 0 aliphatic carbocycles. The summed E-state index contributed by atoms with van der Waals surface area (Å²) in [6.07, 6.45) is 1.37. The van der Waals surface area contributed by atoms with Gasteiger partial charge in [0, 0.05) is 44.6 Å². The Labute approximate surface area is 415 Å². The minimum atomic E-state index is -2.37. The maximum atomic E-state index is 13.8. The number of rotatable bonds is 5. The first-order valence-corrected chi connectivity index (χ1v) is 24.2. The lowest BCUT2D eigenvalue weighted by Crippen LogP contribution is -2.62. The van der Waals surface area contributed by atoms with Crippen molar-refractivity contribution < 1.29 is 84.4 Å². The predicted octanol–water partition coefficient (Wildman–Crippen LogP) is -1.23. The van der Waals surface area contributed by atoms with Gasteiger partial charge in [0.1, 0.15) is 12.2 Å². The summed E-state index contributed by atoms with van der Waals surface area (Å²) >= 11 is 0. The molecule has 3 aliphatic heterocycles. The lowest BCUT2D eigenvalue weighted by molar-refractivity contribution is -0.307. The topological polar surface area (TPSA) is 367 Å². The van der Waals surface area contributed by atoms with E-state index in [1.165, 1.54) is 20.0 Å². The zero-order chi connectivity index (χ0) is 53.0. The van der Waals surface area contributed by atoms with Crippen LogP contribution in [0.15, 0.2) is 85.1 Å². The number of aliphatic hydroxyl groups is 10. The van der Waals surface area contributed by atoms with Crippen LogP contribution in [0.3, 0.4) is 0 Å². The summed E-state index contributed by atoms with van der Waals surface area (Å²) in [5.74, 6) is -7.09. The van der Waals surface area contributed by atoms with Crippen molar-refractivity contribution in [1.82, 2.24) is 10.6 Å². The lowest BCUT2D eigenvalue weighted by Gasteiger charge is -2.46. The number of nitrogens with one attached hydrogen (secondary N) is 2. The van der Waals surface area contributed by atoms with Gasteiger partial charge in [-0.15, -0.1) is 0 Å². The maximum absolute atomic E-state index is 13.8. The van der Waals surface area contributed by atoms with Crippen LogP contribution in [0.4, 0.5) is 0 Å². The summed E-state index contributed by atoms with van der Waals surface area (Å²) in [6, 6.07) is -1.18. The van der Waals surface area contributed by atoms with E-state index in [4.69, 9.17) is 30.4 Å². The number of cyclic esters (lactones) is 1. The van der Waals surface area contributed by atoms with Crippen LogP contribution < -0.4 is 22.1 Å². The molecule has 71 heavy (non-hydrogen) atoms. The number of nitrogens with two attached hydrogens (primary N) is 2. The molecule has 2 saturated heterocycles. The van der Waals surface area contributed by atoms with Crippen LogP contribution in [0.5, 0.6) is 0 Å². The molecule has 0 radical (unpaired) electrons. The minimum Gasteiger partial charge on any atom is -0.462 e. The summed E-state index contributed by atoms with van der Waals surface area (Å²) < 4.78 is 23.5. The van der Waals surface area contributed by atoms with Gasteiger partial charge in [-0.25, -0.2) is 0 Å². The van der Waals surface area contributed by atoms with Crippen LogP contribution in [0, 0.1) is 17.8 Å². The highest BCUT2D eigenvalue weighted by Gasteiger charge is 2.51. The standard InChI is InChI=1S/C50H80N4O17/c1-28-18-16-14-12-10-8-6-7-9-11-13-15-17-19-35(70-49-45(64)42(51)44(63)31(4)69-49)25-39-41(47(65)54-46(52)48(66)53-5)38(60)27-50(67,71-39)26-34(57)23-37(59)36(58)21-20-32(55)22-33(56)24-40(61)68-30(3)29(2)43(28)62/h6-19,28-39,41-46,49,55-60,62-64,67H,20-27,51-52H2,1-5H3,(H,53,66)(H,54,65)/b7-6+,10-8+,11-9+,14-12+,15-13+,18-16+,19-17+/t28-,29-,30-,31+,32+,33+,34-,35-,36+,37+,38-,39-,41?,42-,43+,44+,45-,46+,49-,50+/m0/s1. The summed E-state index contributed by atoms with van der Waals surface area (Å²) in [5, 5.41) is 114. The van der Waals surface area contributed by atoms with Crippen LogP contribution >= 0.6 is 0 Å². The molecule has 20 atom stereocenters. The normalized spacial score (nSPS) is 43.0. The van der Waals surface area contributed by atoms with E-state index in [1.54, 1.807) is 86.8 Å². The molecule has 3 rings (SSSR count). The minimum absolute atomic E-state index is 0.125. The lowest BCUT2D eigenvalue weighted by atomic mass is 9.82. The molecule has 0 aromatic heterocycles. The summed E-state index contributed by atoms with van der Waals surface area (Å²) in [7, 11) is 1.30. The third kappa shape index (κ3) is 20.4. The van der Waals surface area contributed by atoms with Gasteiger partial charge < -0.3 is 92.1 Å². The number of fused-ring (bicyclic) bond motifs is 2. The average Bonchev–Trinajstić information content (AvgIpc) is 3.29. The molecule has 1 unspecified atom stereocenters. The number of carbonyl (C=O) groups excluding carboxylic acids is 3. The zero-order valence-electron chi connectivity index (χ0n) is 41.2. The monoisotopic (exact) mass is 1010 g/mol. The fourth-order valence-corrected chi connectivity index (χ4v) is 8.46. The number of allylic oxidation sites excluding steroid dienone is 12. The second-order valence-corrected chi connectivity index (χ2v) is 18.8. The predicted molar refractivity (Wildman–Crippen MR) is 260 cm³/mol. The number of hydrogen-bond donors (Lipinski definition) is 14. The Bertz CT molecular complexity index is 1860. The highest BCUT2D eigenvalue weighted by molar-refractivity contribution is 5.88. The fourth-order valence-electron chi connectivity index (χ4n) is 8.46. The van der Waals surface area contributed by atoms with E-state index in [9.17, 15) is 65.4 Å². The zero-order valence-corrected chi connectivity index (χ0v) is 41.2. The van der Waals surface area contributed by atoms with Gasteiger partial charge in [0.2, 0.25) is 5.91 Å². The van der Waals surface area contributed by atoms with E-state index in [0.717, 1.165) is 0 Å². The fraction of sp³-hybridized carbons (Fsp3) is 0.660. The van der Waals surface area contributed by atoms with Gasteiger partial charge in [-0.3, -0.25) is 14.4 Å². The van der Waals surface area contributed by atoms with Gasteiger partial charge in [0.05, 0.1) is 85.5 Å². The number of hydrogen-bond acceptors (Lipinski definition) is 19. The highest BCUT2D eigenvalue weighted by Crippen LogP contribution is 2.38. The van der Waals surface area contributed by atoms with Crippen molar-refractivity contribution in [2.45, 2.75) is 183 Å². The molecule has 0 saturated carbocycles. The van der Waals surface area contributed by atoms with Crippen LogP contribution in [0.2, 0.25) is 0 Å². The summed E-state index contributed by atoms with van der Waals surface area (Å²) in [5.41, 5.74) is 12.0. The first-order valence-electron chi connectivity index (χ1n) is 24.2. The Morgan fingerprint density at radius 3 is 1.87 bits per heavy atom. The molecule has 3 aliphatic rings. The molecule has 3 heterocycles. The SMILES string of the molecule is CNC(=O)[C@H](N)NC(=O)C1[C@@H]2C[C@@H](O[C@@H]3O[C@H](C)[C@@H](O)[C@H](N)[C@@H]3O)/C=C/C=C/C=C/C=C/C=C/C=C/C=C/[C@H](C)[C@@H](O)[C@@H](C)[C@H](C)OC(=O)C[C@H](O)C[C@H](O)CC[C@@H](O)[C@H](O)C[C@H](O)C[C@](O)(C[C@@H]1O)O2. The molecule has 2 fully saturated rings. The first-order chi connectivity index (χ1) is 33.5. The van der Waals surface area contributed by atoms with Crippen molar-refractivity contribution in [3.63, 3.8) is 0 Å². The Morgan fingerprint density at radius 2 is 1.28 bits per heavy atom. The van der Waals surface area contributed by atoms with Crippen molar-refractivity contribution >= 4 is 17.8 Å². The third-order valence-corrected chi connectivity index (χ3v) is 12.9. The maximum Gasteiger partial charge on any atom is 0.308 e. The van der Waals surface area contributed by atoms with Gasteiger partial charge in [-0.2, -0.15) is 0 Å². The van der Waals surface area contributed by atoms with Gasteiger partial charge >= 0.3 is 5.97 Å². The van der Waals surface area contributed by atoms with Crippen LogP contribution in [-0.2, 0) is 33.3 Å². The second-order valence-electron chi connectivity index (χ2n) is 18.8. The molecular weight excluding hydrogens is 929 g/mol. The van der Waals surface area contributed by atoms with Crippen molar-refractivity contribution in [1.29, 1.82) is 0 Å². The number of aliphatic hydroxyl groups excluding tert-OH is 9. The van der Waals surface area contributed by atoms with Crippen LogP contribution in [-0.4, -0.2) is 180 Å². The first kappa shape index (κ1) is 61.3. The van der Waals surface area contributed by atoms with Crippen molar-refractivity contribution in [3.05, 3.63) is 85.1 Å². The summed E-state index contributed by atoms with van der Waals surface area (Å²) in [4.78, 5) is 38.7. The molecule has 2 bridgehead atoms. The average molecular weight is 1010 g/mol. The molecule has 2 amide bonds. The van der Waals surface area contributed by atoms with Gasteiger partial charge in [0.25, 0.3) is 5.91 Å². The molecule has 0 aromatic rings. The van der Waals surface area contributed by atoms with Crippen molar-refractivity contribution in [2.24, 2.45) is 29.2 Å².